The van der Waals surface area contributed by atoms with E-state index in [2.05, 4.69) is 9.97 Å². The number of aldehydes is 1. The first-order valence-corrected chi connectivity index (χ1v) is 20.0. The zero-order chi connectivity index (χ0) is 41.2. The smallest absolute Gasteiger partial charge is 0.337 e. The Hall–Kier alpha value is -2.97. The number of carbonyl (C=O) groups is 3. The SMILES string of the molecule is O=C(c1csc(C2CCC(C(F)(F)F)CC2)n1)N1CCC(C(F)(F)F)CC1.O=Cc1sc(C2CCC(C(F)(F)F)CC2)nc1C(=O)N1CCC(C(F)(F)F)CC1. The lowest BCUT2D eigenvalue weighted by Crippen LogP contribution is -2.42. The minimum absolute atomic E-state index is 0.0294. The average Bonchev–Trinajstić information content (AvgIpc) is 3.82. The Kier molecular flexibility index (Phi) is 13.8. The lowest BCUT2D eigenvalue weighted by molar-refractivity contribution is -0.184. The van der Waals surface area contributed by atoms with Crippen LogP contribution >= 0.6 is 22.7 Å². The van der Waals surface area contributed by atoms with E-state index >= 15 is 0 Å². The molecule has 2 aromatic heterocycles. The van der Waals surface area contributed by atoms with Gasteiger partial charge in [-0.15, -0.1) is 22.7 Å². The van der Waals surface area contributed by atoms with Crippen LogP contribution < -0.4 is 0 Å². The Labute approximate surface area is 322 Å². The first-order chi connectivity index (χ1) is 26.1. The van der Waals surface area contributed by atoms with Gasteiger partial charge in [-0.1, -0.05) is 0 Å². The van der Waals surface area contributed by atoms with E-state index in [1.807, 2.05) is 0 Å². The third kappa shape index (κ3) is 10.9. The molecule has 2 aliphatic heterocycles. The van der Waals surface area contributed by atoms with Gasteiger partial charge in [0.15, 0.2) is 6.29 Å². The number of amides is 2. The van der Waals surface area contributed by atoms with Gasteiger partial charge in [0.25, 0.3) is 11.8 Å². The summed E-state index contributed by atoms with van der Waals surface area (Å²) in [6.07, 6.45) is -15.8. The van der Waals surface area contributed by atoms with Gasteiger partial charge in [-0.25, -0.2) is 9.97 Å². The van der Waals surface area contributed by atoms with E-state index in [-0.39, 0.29) is 118 Å². The molecule has 6 rings (SSSR count). The quantitative estimate of drug-likeness (QED) is 0.221. The Balaban J connectivity index is 0.000000215. The third-order valence-corrected chi connectivity index (χ3v) is 13.4. The van der Waals surface area contributed by atoms with Crippen LogP contribution in [0, 0.1) is 23.7 Å². The molecule has 2 saturated carbocycles. The number of aromatic nitrogens is 2. The topological polar surface area (TPSA) is 83.5 Å². The summed E-state index contributed by atoms with van der Waals surface area (Å²) in [5.74, 6) is -6.80. The lowest BCUT2D eigenvalue weighted by atomic mass is 9.82. The van der Waals surface area contributed by atoms with E-state index in [1.54, 1.807) is 5.38 Å². The van der Waals surface area contributed by atoms with Gasteiger partial charge in [0, 0.05) is 43.4 Å². The van der Waals surface area contributed by atoms with Crippen LogP contribution in [0.4, 0.5) is 52.7 Å². The molecule has 2 aliphatic carbocycles. The summed E-state index contributed by atoms with van der Waals surface area (Å²) in [5, 5.41) is 2.65. The highest BCUT2D eigenvalue weighted by molar-refractivity contribution is 7.13. The van der Waals surface area contributed by atoms with Crippen LogP contribution in [0.25, 0.3) is 0 Å². The fourth-order valence-corrected chi connectivity index (χ4v) is 9.80. The second-order valence-electron chi connectivity index (χ2n) is 14.9. The molecule has 4 heterocycles. The van der Waals surface area contributed by atoms with E-state index in [0.717, 1.165) is 11.3 Å². The monoisotopic (exact) mass is 856 g/mol. The number of carbonyl (C=O) groups excluding carboxylic acids is 3. The van der Waals surface area contributed by atoms with Gasteiger partial charge in [-0.3, -0.25) is 14.4 Å². The van der Waals surface area contributed by atoms with Crippen molar-refractivity contribution in [3.8, 4) is 0 Å². The molecule has 7 nitrogen and oxygen atoms in total. The fourth-order valence-electron chi connectivity index (χ4n) is 7.80. The van der Waals surface area contributed by atoms with E-state index < -0.39 is 60.2 Å². The van der Waals surface area contributed by atoms with Gasteiger partial charge in [-0.2, -0.15) is 52.7 Å². The van der Waals surface area contributed by atoms with Gasteiger partial charge in [-0.05, 0) is 77.0 Å². The van der Waals surface area contributed by atoms with E-state index in [4.69, 9.17) is 0 Å². The number of rotatable bonds is 5. The van der Waals surface area contributed by atoms with Crippen molar-refractivity contribution in [2.75, 3.05) is 26.2 Å². The Morgan fingerprint density at radius 2 is 0.929 bits per heavy atom. The van der Waals surface area contributed by atoms with Crippen molar-refractivity contribution < 1.29 is 67.1 Å². The summed E-state index contributed by atoms with van der Waals surface area (Å²) in [4.78, 5) is 47.8. The van der Waals surface area contributed by atoms with Gasteiger partial charge in [0.05, 0.1) is 38.6 Å². The summed E-state index contributed by atoms with van der Waals surface area (Å²) in [7, 11) is 0. The zero-order valence-corrected chi connectivity index (χ0v) is 31.4. The van der Waals surface area contributed by atoms with Gasteiger partial charge in [0.2, 0.25) is 0 Å². The predicted molar refractivity (Wildman–Crippen MR) is 180 cm³/mol. The summed E-state index contributed by atoms with van der Waals surface area (Å²) in [6, 6.07) is 0. The van der Waals surface area contributed by atoms with E-state index in [9.17, 15) is 67.1 Å². The molecule has 0 radical (unpaired) electrons. The summed E-state index contributed by atoms with van der Waals surface area (Å²) in [5.41, 5.74) is 0.0711. The van der Waals surface area contributed by atoms with Crippen molar-refractivity contribution in [3.63, 3.8) is 0 Å². The van der Waals surface area contributed by atoms with Crippen molar-refractivity contribution in [1.29, 1.82) is 0 Å². The normalized spacial score (nSPS) is 25.1. The van der Waals surface area contributed by atoms with Crippen molar-refractivity contribution >= 4 is 40.8 Å². The van der Waals surface area contributed by atoms with Crippen molar-refractivity contribution in [1.82, 2.24) is 19.8 Å². The molecule has 314 valence electrons. The molecular formula is C35H40F12N4O3S2. The highest BCUT2D eigenvalue weighted by atomic mass is 32.1. The highest BCUT2D eigenvalue weighted by Crippen LogP contribution is 2.45. The van der Waals surface area contributed by atoms with E-state index in [0.29, 0.717) is 29.1 Å². The molecule has 2 amide bonds. The van der Waals surface area contributed by atoms with Crippen molar-refractivity contribution in [3.05, 3.63) is 31.7 Å². The highest BCUT2D eigenvalue weighted by Gasteiger charge is 2.45. The summed E-state index contributed by atoms with van der Waals surface area (Å²) >= 11 is 2.23. The maximum absolute atomic E-state index is 12.8. The van der Waals surface area contributed by atoms with Crippen molar-refractivity contribution in [2.45, 2.75) is 114 Å². The first-order valence-electron chi connectivity index (χ1n) is 18.3. The number of halogens is 12. The summed E-state index contributed by atoms with van der Waals surface area (Å²) in [6.45, 7) is -0.0885. The lowest BCUT2D eigenvalue weighted by Gasteiger charge is -2.32. The molecule has 0 aromatic carbocycles. The first kappa shape index (κ1) is 44.1. The van der Waals surface area contributed by atoms with Crippen LogP contribution in [-0.4, -0.2) is 88.8 Å². The van der Waals surface area contributed by atoms with Crippen LogP contribution in [0.15, 0.2) is 5.38 Å². The molecule has 2 saturated heterocycles. The molecule has 4 fully saturated rings. The second-order valence-corrected chi connectivity index (χ2v) is 16.8. The Morgan fingerprint density at radius 1 is 0.554 bits per heavy atom. The number of hydrogen-bond donors (Lipinski definition) is 0. The molecule has 0 atom stereocenters. The zero-order valence-electron chi connectivity index (χ0n) is 29.8. The molecule has 4 aliphatic rings. The predicted octanol–water partition coefficient (Wildman–Crippen LogP) is 10.6. The van der Waals surface area contributed by atoms with Crippen LogP contribution in [0.3, 0.4) is 0 Å². The second kappa shape index (κ2) is 17.5. The van der Waals surface area contributed by atoms with Crippen LogP contribution in [0.5, 0.6) is 0 Å². The number of piperidine rings is 2. The number of likely N-dealkylation sites (tertiary alicyclic amines) is 2. The number of nitrogens with zero attached hydrogens (tertiary/aromatic N) is 4. The van der Waals surface area contributed by atoms with Crippen molar-refractivity contribution in [2.24, 2.45) is 23.7 Å². The average molecular weight is 857 g/mol. The standard InChI is InChI=1S/C18H20F6N2O2S.C17H20F6N2OS/c19-17(20,21)11-3-1-10(2-4-11)15-25-14(13(9-27)29-15)16(28)26-7-5-12(6-8-26)18(22,23)24;18-16(19,20)11-3-1-10(2-4-11)14-24-13(9-27-14)15(26)25-7-5-12(6-8-25)17(21,22)23/h9-12H,1-8H2;9-12H,1-8H2. The van der Waals surface area contributed by atoms with Crippen LogP contribution in [0.1, 0.15) is 130 Å². The maximum atomic E-state index is 12.8. The minimum Gasteiger partial charge on any atom is -0.337 e. The maximum Gasteiger partial charge on any atom is 0.391 e. The third-order valence-electron chi connectivity index (χ3n) is 11.3. The Bertz CT molecular complexity index is 1640. The van der Waals surface area contributed by atoms with Gasteiger partial charge in [0.1, 0.15) is 11.4 Å². The fraction of sp³-hybridized carbons (Fsp3) is 0.743. The number of hydrogen-bond acceptors (Lipinski definition) is 7. The van der Waals surface area contributed by atoms with Crippen LogP contribution in [-0.2, 0) is 0 Å². The molecule has 0 N–H and O–H groups in total. The number of alkyl halides is 12. The summed E-state index contributed by atoms with van der Waals surface area (Å²) < 4.78 is 153. The molecule has 2 aromatic rings. The van der Waals surface area contributed by atoms with Crippen LogP contribution in [0.2, 0.25) is 0 Å². The minimum atomic E-state index is -4.30. The molecule has 56 heavy (non-hydrogen) atoms. The van der Waals surface area contributed by atoms with Gasteiger partial charge >= 0.3 is 24.7 Å². The molecular weight excluding hydrogens is 817 g/mol. The largest absolute Gasteiger partial charge is 0.391 e. The molecule has 0 spiro atoms. The molecule has 0 bridgehead atoms. The van der Waals surface area contributed by atoms with E-state index in [1.165, 1.54) is 21.1 Å². The Morgan fingerprint density at radius 3 is 1.32 bits per heavy atom. The van der Waals surface area contributed by atoms with Gasteiger partial charge < -0.3 is 9.80 Å². The number of thiazole rings is 2. The molecule has 0 unspecified atom stereocenters. The molecule has 21 heteroatoms.